The molecule has 0 radical (unpaired) electrons. The number of halogens is 1. The lowest BCUT2D eigenvalue weighted by Gasteiger charge is -2.05. The van der Waals surface area contributed by atoms with Crippen molar-refractivity contribution in [2.75, 3.05) is 0 Å². The zero-order valence-electron chi connectivity index (χ0n) is 7.38. The van der Waals surface area contributed by atoms with Gasteiger partial charge in [-0.25, -0.2) is 0 Å². The van der Waals surface area contributed by atoms with Crippen molar-refractivity contribution >= 4 is 22.6 Å². The summed E-state index contributed by atoms with van der Waals surface area (Å²) < 4.78 is 2.04. The van der Waals surface area contributed by atoms with E-state index >= 15 is 0 Å². The van der Waals surface area contributed by atoms with Gasteiger partial charge in [0.2, 0.25) is 0 Å². The molecule has 0 aliphatic carbocycles. The van der Waals surface area contributed by atoms with E-state index in [4.69, 9.17) is 0 Å². The number of hydrogen-bond acceptors (Lipinski definition) is 1. The van der Waals surface area contributed by atoms with Crippen LogP contribution in [0.4, 0.5) is 0 Å². The Morgan fingerprint density at radius 2 is 2.17 bits per heavy atom. The molecule has 0 bridgehead atoms. The second kappa shape index (κ2) is 9.26. The molecule has 0 fully saturated rings. The molecule has 0 aliphatic rings. The number of hydrogen-bond donors (Lipinski definition) is 1. The van der Waals surface area contributed by atoms with E-state index in [1.807, 2.05) is 4.08 Å². The van der Waals surface area contributed by atoms with E-state index in [1.165, 1.54) is 6.42 Å². The molecular weight excluding hydrogens is 263 g/mol. The van der Waals surface area contributed by atoms with Crippen LogP contribution in [0.1, 0.15) is 32.1 Å². The minimum Gasteiger partial charge on any atom is -0.393 e. The lowest BCUT2D eigenvalue weighted by molar-refractivity contribution is 0.164. The topological polar surface area (TPSA) is 20.2 Å². The number of unbranched alkanes of at least 4 members (excludes halogenated alkanes) is 2. The molecule has 70 valence electrons. The third-order valence-corrected chi connectivity index (χ3v) is 2.19. The van der Waals surface area contributed by atoms with Crippen LogP contribution in [0, 0.1) is 0 Å². The fraction of sp³-hybridized carbons (Fsp3) is 0.600. The van der Waals surface area contributed by atoms with Gasteiger partial charge < -0.3 is 5.11 Å². The molecule has 0 spiro atoms. The average Bonchev–Trinajstić information content (AvgIpc) is 2.05. The summed E-state index contributed by atoms with van der Waals surface area (Å²) in [6.45, 7) is 3.59. The van der Waals surface area contributed by atoms with Crippen molar-refractivity contribution < 1.29 is 5.11 Å². The van der Waals surface area contributed by atoms with Gasteiger partial charge in [-0.2, -0.15) is 0 Å². The molecule has 1 nitrogen and oxygen atoms in total. The van der Waals surface area contributed by atoms with Gasteiger partial charge in [0, 0.05) is 0 Å². The molecule has 0 aromatic rings. The zero-order valence-corrected chi connectivity index (χ0v) is 9.53. The number of aliphatic hydroxyl groups is 1. The van der Waals surface area contributed by atoms with Gasteiger partial charge in [-0.1, -0.05) is 41.2 Å². The fourth-order valence-electron chi connectivity index (χ4n) is 1.02. The summed E-state index contributed by atoms with van der Waals surface area (Å²) in [5.74, 6) is 0. The van der Waals surface area contributed by atoms with Crippen molar-refractivity contribution in [1.29, 1.82) is 0 Å². The van der Waals surface area contributed by atoms with Crippen molar-refractivity contribution in [1.82, 2.24) is 0 Å². The first-order valence-electron chi connectivity index (χ1n) is 4.35. The first kappa shape index (κ1) is 12.2. The smallest absolute Gasteiger partial charge is 0.0574 e. The minimum atomic E-state index is -0.175. The van der Waals surface area contributed by atoms with Crippen LogP contribution in [-0.2, 0) is 0 Å². The van der Waals surface area contributed by atoms with Gasteiger partial charge in [0.25, 0.3) is 0 Å². The predicted octanol–water partition coefficient (Wildman–Crippen LogP) is 3.43. The summed E-state index contributed by atoms with van der Waals surface area (Å²) in [4.78, 5) is 0. The molecule has 12 heavy (non-hydrogen) atoms. The van der Waals surface area contributed by atoms with Gasteiger partial charge in [-0.15, -0.1) is 6.58 Å². The SMILES string of the molecule is C=CCC(O)CCCC/C=C\I. The van der Waals surface area contributed by atoms with Crippen molar-refractivity contribution in [2.24, 2.45) is 0 Å². The van der Waals surface area contributed by atoms with Crippen molar-refractivity contribution in [2.45, 2.75) is 38.2 Å². The van der Waals surface area contributed by atoms with E-state index < -0.39 is 0 Å². The van der Waals surface area contributed by atoms with E-state index in [0.29, 0.717) is 0 Å². The molecule has 2 heteroatoms. The highest BCUT2D eigenvalue weighted by Gasteiger charge is 1.99. The second-order valence-corrected chi connectivity index (χ2v) is 3.54. The second-order valence-electron chi connectivity index (χ2n) is 2.82. The Balaban J connectivity index is 3.13. The molecule has 0 aliphatic heterocycles. The maximum absolute atomic E-state index is 9.31. The normalized spacial score (nSPS) is 13.5. The van der Waals surface area contributed by atoms with E-state index in [2.05, 4.69) is 35.2 Å². The molecule has 0 rings (SSSR count). The molecule has 0 saturated heterocycles. The summed E-state index contributed by atoms with van der Waals surface area (Å²) in [5.41, 5.74) is 0. The Labute approximate surface area is 88.7 Å². The van der Waals surface area contributed by atoms with Crippen LogP contribution in [0.5, 0.6) is 0 Å². The monoisotopic (exact) mass is 280 g/mol. The Morgan fingerprint density at radius 1 is 1.42 bits per heavy atom. The lowest BCUT2D eigenvalue weighted by Crippen LogP contribution is -2.03. The molecule has 1 unspecified atom stereocenters. The Morgan fingerprint density at radius 3 is 2.75 bits per heavy atom. The third kappa shape index (κ3) is 8.27. The van der Waals surface area contributed by atoms with Crippen LogP contribution in [0.3, 0.4) is 0 Å². The van der Waals surface area contributed by atoms with Gasteiger partial charge in [-0.05, 0) is 29.8 Å². The first-order valence-corrected chi connectivity index (χ1v) is 5.60. The maximum atomic E-state index is 9.31. The Bertz CT molecular complexity index is 132. The van der Waals surface area contributed by atoms with Crippen LogP contribution < -0.4 is 0 Å². The standard InChI is InChI=1S/C10H17IO/c1-2-7-10(12)8-5-3-4-6-9-11/h2,6,9-10,12H,1,3-5,7-8H2/b9-6-. The largest absolute Gasteiger partial charge is 0.393 e. The number of rotatable bonds is 7. The van der Waals surface area contributed by atoms with Crippen molar-refractivity contribution in [3.05, 3.63) is 22.8 Å². The van der Waals surface area contributed by atoms with Crippen LogP contribution in [0.2, 0.25) is 0 Å². The van der Waals surface area contributed by atoms with Crippen LogP contribution in [0.25, 0.3) is 0 Å². The number of aliphatic hydroxyl groups excluding tert-OH is 1. The molecule has 0 aromatic carbocycles. The molecular formula is C10H17IO. The first-order chi connectivity index (χ1) is 5.81. The van der Waals surface area contributed by atoms with Gasteiger partial charge >= 0.3 is 0 Å². The highest BCUT2D eigenvalue weighted by atomic mass is 127. The molecule has 0 aromatic heterocycles. The maximum Gasteiger partial charge on any atom is 0.0574 e. The van der Waals surface area contributed by atoms with Gasteiger partial charge in [-0.3, -0.25) is 0 Å². The average molecular weight is 280 g/mol. The molecule has 0 amide bonds. The summed E-state index contributed by atoms with van der Waals surface area (Å²) in [6.07, 6.45) is 8.79. The van der Waals surface area contributed by atoms with Gasteiger partial charge in [0.1, 0.15) is 0 Å². The van der Waals surface area contributed by atoms with Gasteiger partial charge in [0.05, 0.1) is 6.10 Å². The number of allylic oxidation sites excluding steroid dienone is 1. The highest BCUT2D eigenvalue weighted by Crippen LogP contribution is 2.07. The zero-order chi connectivity index (χ0) is 9.23. The summed E-state index contributed by atoms with van der Waals surface area (Å²) in [6, 6.07) is 0. The molecule has 1 N–H and O–H groups in total. The quantitative estimate of drug-likeness (QED) is 0.430. The third-order valence-electron chi connectivity index (χ3n) is 1.69. The lowest BCUT2D eigenvalue weighted by atomic mass is 10.1. The van der Waals surface area contributed by atoms with Crippen LogP contribution >= 0.6 is 22.6 Å². The Hall–Kier alpha value is 0.170. The summed E-state index contributed by atoms with van der Waals surface area (Å²) >= 11 is 2.22. The fourth-order valence-corrected chi connectivity index (χ4v) is 1.37. The summed E-state index contributed by atoms with van der Waals surface area (Å²) in [5, 5.41) is 9.31. The van der Waals surface area contributed by atoms with E-state index in [9.17, 15) is 5.11 Å². The van der Waals surface area contributed by atoms with Crippen LogP contribution in [0.15, 0.2) is 22.8 Å². The molecule has 1 atom stereocenters. The highest BCUT2D eigenvalue weighted by molar-refractivity contribution is 14.1. The Kier molecular flexibility index (Phi) is 9.39. The van der Waals surface area contributed by atoms with Gasteiger partial charge in [0.15, 0.2) is 0 Å². The van der Waals surface area contributed by atoms with E-state index in [0.717, 1.165) is 25.7 Å². The minimum absolute atomic E-state index is 0.175. The summed E-state index contributed by atoms with van der Waals surface area (Å²) in [7, 11) is 0. The predicted molar refractivity (Wildman–Crippen MR) is 62.4 cm³/mol. The van der Waals surface area contributed by atoms with Crippen molar-refractivity contribution in [3.8, 4) is 0 Å². The molecule has 0 saturated carbocycles. The van der Waals surface area contributed by atoms with Crippen LogP contribution in [-0.4, -0.2) is 11.2 Å². The van der Waals surface area contributed by atoms with E-state index in [-0.39, 0.29) is 6.10 Å². The van der Waals surface area contributed by atoms with E-state index in [1.54, 1.807) is 6.08 Å². The molecule has 0 heterocycles. The van der Waals surface area contributed by atoms with Crippen molar-refractivity contribution in [3.63, 3.8) is 0 Å².